The van der Waals surface area contributed by atoms with Crippen molar-refractivity contribution in [3.63, 3.8) is 0 Å². The summed E-state index contributed by atoms with van der Waals surface area (Å²) in [7, 11) is 0. The van der Waals surface area contributed by atoms with Crippen molar-refractivity contribution in [1.82, 2.24) is 5.32 Å². The van der Waals surface area contributed by atoms with Crippen LogP contribution in [0, 0.1) is 0 Å². The lowest BCUT2D eigenvalue weighted by molar-refractivity contribution is -0.136. The minimum Gasteiger partial charge on any atom is -0.462 e. The van der Waals surface area contributed by atoms with Gasteiger partial charge < -0.3 is 10.1 Å². The second-order valence-electron chi connectivity index (χ2n) is 4.71. The van der Waals surface area contributed by atoms with Gasteiger partial charge in [0.05, 0.1) is 12.2 Å². The molecular weight excluding hydrogens is 234 g/mol. The highest BCUT2D eigenvalue weighted by Gasteiger charge is 2.30. The molecule has 0 saturated heterocycles. The van der Waals surface area contributed by atoms with E-state index in [-0.39, 0.29) is 11.4 Å². The number of thiophene rings is 1. The number of ether oxygens (including phenoxy) is 1. The first-order valence-corrected chi connectivity index (χ1v) is 6.63. The average molecular weight is 251 g/mol. The van der Waals surface area contributed by atoms with Gasteiger partial charge in [0.2, 0.25) is 0 Å². The predicted molar refractivity (Wildman–Crippen MR) is 70.0 cm³/mol. The van der Waals surface area contributed by atoms with Crippen LogP contribution in [-0.4, -0.2) is 19.1 Å². The number of carbonyl (C=O) groups excluding carboxylic acids is 1. The molecule has 0 amide bonds. The van der Waals surface area contributed by atoms with Gasteiger partial charge in [0.25, 0.3) is 0 Å². The third-order valence-electron chi connectivity index (χ3n) is 2.92. The first-order chi connectivity index (χ1) is 8.06. The standard InChI is InChI=1S/C13H17NO2S/c1-4-16-12(15)9-7-14-8-13(2,3)10-5-6-17-11(9)10/h5-7,14H,4,8H2,1-3H3. The maximum Gasteiger partial charge on any atom is 0.341 e. The van der Waals surface area contributed by atoms with Crippen LogP contribution in [0.15, 0.2) is 17.6 Å². The van der Waals surface area contributed by atoms with Crippen molar-refractivity contribution < 1.29 is 9.53 Å². The molecule has 4 heteroatoms. The van der Waals surface area contributed by atoms with Gasteiger partial charge in [-0.2, -0.15) is 0 Å². The lowest BCUT2D eigenvalue weighted by Gasteiger charge is -2.23. The summed E-state index contributed by atoms with van der Waals surface area (Å²) in [5.41, 5.74) is 1.88. The Morgan fingerprint density at radius 1 is 1.59 bits per heavy atom. The SMILES string of the molecule is CCOC(=O)C1=CNCC(C)(C)c2ccsc21. The summed E-state index contributed by atoms with van der Waals surface area (Å²) in [6, 6.07) is 2.10. The number of hydrogen-bond acceptors (Lipinski definition) is 4. The van der Waals surface area contributed by atoms with E-state index in [0.29, 0.717) is 12.2 Å². The van der Waals surface area contributed by atoms with Crippen LogP contribution in [0.4, 0.5) is 0 Å². The lowest BCUT2D eigenvalue weighted by atomic mass is 9.84. The van der Waals surface area contributed by atoms with Crippen LogP contribution in [0.1, 0.15) is 31.2 Å². The molecule has 17 heavy (non-hydrogen) atoms. The molecule has 2 rings (SSSR count). The van der Waals surface area contributed by atoms with E-state index in [1.165, 1.54) is 5.56 Å². The second-order valence-corrected chi connectivity index (χ2v) is 5.62. The fourth-order valence-corrected chi connectivity index (χ4v) is 3.06. The fraction of sp³-hybridized carbons (Fsp3) is 0.462. The Morgan fingerprint density at radius 3 is 3.06 bits per heavy atom. The Labute approximate surface area is 105 Å². The Bertz CT molecular complexity index is 460. The van der Waals surface area contributed by atoms with Gasteiger partial charge in [-0.05, 0) is 23.9 Å². The van der Waals surface area contributed by atoms with Crippen molar-refractivity contribution in [2.45, 2.75) is 26.2 Å². The van der Waals surface area contributed by atoms with E-state index in [1.807, 2.05) is 12.3 Å². The van der Waals surface area contributed by atoms with Crippen LogP contribution in [-0.2, 0) is 14.9 Å². The summed E-state index contributed by atoms with van der Waals surface area (Å²) < 4.78 is 5.09. The Hall–Kier alpha value is -1.29. The van der Waals surface area contributed by atoms with Gasteiger partial charge >= 0.3 is 5.97 Å². The molecule has 2 heterocycles. The normalized spacial score (nSPS) is 17.5. The van der Waals surface area contributed by atoms with Gasteiger partial charge in [-0.3, -0.25) is 0 Å². The van der Waals surface area contributed by atoms with Crippen molar-refractivity contribution >= 4 is 22.9 Å². The topological polar surface area (TPSA) is 38.3 Å². The monoisotopic (exact) mass is 251 g/mol. The van der Waals surface area contributed by atoms with Crippen LogP contribution >= 0.6 is 11.3 Å². The molecule has 1 aromatic rings. The molecule has 0 unspecified atom stereocenters. The molecule has 1 N–H and O–H groups in total. The van der Waals surface area contributed by atoms with Crippen LogP contribution in [0.2, 0.25) is 0 Å². The highest BCUT2D eigenvalue weighted by Crippen LogP contribution is 2.36. The largest absolute Gasteiger partial charge is 0.462 e. The molecule has 1 aromatic heterocycles. The number of rotatable bonds is 2. The van der Waals surface area contributed by atoms with Crippen LogP contribution in [0.5, 0.6) is 0 Å². The summed E-state index contributed by atoms with van der Waals surface area (Å²) in [5.74, 6) is -0.249. The zero-order chi connectivity index (χ0) is 12.5. The smallest absolute Gasteiger partial charge is 0.341 e. The Balaban J connectivity index is 2.43. The van der Waals surface area contributed by atoms with Gasteiger partial charge in [0.15, 0.2) is 0 Å². The number of hydrogen-bond donors (Lipinski definition) is 1. The highest BCUT2D eigenvalue weighted by molar-refractivity contribution is 7.11. The van der Waals surface area contributed by atoms with Gasteiger partial charge in [0.1, 0.15) is 0 Å². The summed E-state index contributed by atoms with van der Waals surface area (Å²) >= 11 is 1.59. The molecule has 0 bridgehead atoms. The summed E-state index contributed by atoms with van der Waals surface area (Å²) in [4.78, 5) is 12.9. The van der Waals surface area contributed by atoms with E-state index in [1.54, 1.807) is 17.5 Å². The van der Waals surface area contributed by atoms with Crippen molar-refractivity contribution in [2.24, 2.45) is 0 Å². The number of fused-ring (bicyclic) bond motifs is 1. The number of carbonyl (C=O) groups is 1. The van der Waals surface area contributed by atoms with Crippen molar-refractivity contribution in [3.8, 4) is 0 Å². The molecular formula is C13H17NO2S. The lowest BCUT2D eigenvalue weighted by Crippen LogP contribution is -2.28. The molecule has 1 aliphatic rings. The van der Waals surface area contributed by atoms with Gasteiger partial charge in [-0.15, -0.1) is 11.3 Å². The molecule has 0 fully saturated rings. The Morgan fingerprint density at radius 2 is 2.35 bits per heavy atom. The minimum atomic E-state index is -0.249. The molecule has 0 spiro atoms. The van der Waals surface area contributed by atoms with Crippen LogP contribution < -0.4 is 5.32 Å². The van der Waals surface area contributed by atoms with Gasteiger partial charge in [-0.1, -0.05) is 13.8 Å². The van der Waals surface area contributed by atoms with Crippen LogP contribution in [0.25, 0.3) is 5.57 Å². The number of esters is 1. The van der Waals surface area contributed by atoms with E-state index in [9.17, 15) is 4.79 Å². The first-order valence-electron chi connectivity index (χ1n) is 5.75. The van der Waals surface area contributed by atoms with E-state index >= 15 is 0 Å². The van der Waals surface area contributed by atoms with Crippen LogP contribution in [0.3, 0.4) is 0 Å². The van der Waals surface area contributed by atoms with Gasteiger partial charge in [-0.25, -0.2) is 4.79 Å². The molecule has 92 valence electrons. The molecule has 1 aliphatic heterocycles. The highest BCUT2D eigenvalue weighted by atomic mass is 32.1. The Kier molecular flexibility index (Phi) is 3.24. The third-order valence-corrected chi connectivity index (χ3v) is 3.87. The maximum absolute atomic E-state index is 11.9. The zero-order valence-corrected chi connectivity index (χ0v) is 11.2. The summed E-state index contributed by atoms with van der Waals surface area (Å²) in [6.45, 7) is 7.39. The number of nitrogens with one attached hydrogen (secondary N) is 1. The minimum absolute atomic E-state index is 0.0279. The molecule has 0 aliphatic carbocycles. The van der Waals surface area contributed by atoms with E-state index in [2.05, 4.69) is 25.2 Å². The fourth-order valence-electron chi connectivity index (χ4n) is 1.98. The molecule has 0 saturated carbocycles. The third kappa shape index (κ3) is 2.22. The van der Waals surface area contributed by atoms with Gasteiger partial charge in [0, 0.05) is 23.0 Å². The van der Waals surface area contributed by atoms with E-state index < -0.39 is 0 Å². The molecule has 0 radical (unpaired) electrons. The summed E-state index contributed by atoms with van der Waals surface area (Å²) in [5, 5.41) is 5.24. The van der Waals surface area contributed by atoms with Crippen molar-refractivity contribution in [2.75, 3.05) is 13.2 Å². The first kappa shape index (κ1) is 12.2. The molecule has 3 nitrogen and oxygen atoms in total. The predicted octanol–water partition coefficient (Wildman–Crippen LogP) is 2.53. The molecule has 0 atom stereocenters. The van der Waals surface area contributed by atoms with E-state index in [4.69, 9.17) is 4.74 Å². The second kappa shape index (κ2) is 4.53. The van der Waals surface area contributed by atoms with E-state index in [0.717, 1.165) is 11.4 Å². The van der Waals surface area contributed by atoms with Crippen molar-refractivity contribution in [3.05, 3.63) is 28.1 Å². The quantitative estimate of drug-likeness (QED) is 0.821. The maximum atomic E-state index is 11.9. The van der Waals surface area contributed by atoms with Crippen molar-refractivity contribution in [1.29, 1.82) is 0 Å². The zero-order valence-electron chi connectivity index (χ0n) is 10.4. The summed E-state index contributed by atoms with van der Waals surface area (Å²) in [6.07, 6.45) is 1.78. The molecule has 0 aromatic carbocycles. The average Bonchev–Trinajstić information content (AvgIpc) is 2.69.